The summed E-state index contributed by atoms with van der Waals surface area (Å²) in [6.45, 7) is 3.24. The molecule has 1 aromatic carbocycles. The fourth-order valence-electron chi connectivity index (χ4n) is 2.47. The number of hydrogen-bond acceptors (Lipinski definition) is 3. The summed E-state index contributed by atoms with van der Waals surface area (Å²) >= 11 is 1.89. The van der Waals surface area contributed by atoms with Crippen molar-refractivity contribution in [1.82, 2.24) is 4.90 Å². The maximum Gasteiger partial charge on any atom is 0.119 e. The summed E-state index contributed by atoms with van der Waals surface area (Å²) in [7, 11) is 1.72. The van der Waals surface area contributed by atoms with Crippen LogP contribution in [0.15, 0.2) is 35.7 Å². The lowest BCUT2D eigenvalue weighted by molar-refractivity contribution is 0.247. The van der Waals surface area contributed by atoms with Crippen molar-refractivity contribution in [2.75, 3.05) is 13.7 Å². The maximum absolute atomic E-state index is 5.27. The number of thiophene rings is 1. The fourth-order valence-corrected chi connectivity index (χ4v) is 3.36. The van der Waals surface area contributed by atoms with Crippen molar-refractivity contribution in [3.05, 3.63) is 51.7 Å². The zero-order valence-electron chi connectivity index (χ0n) is 10.6. The Morgan fingerprint density at radius 2 is 2.28 bits per heavy atom. The molecule has 94 valence electrons. The third-order valence-corrected chi connectivity index (χ3v) is 4.45. The van der Waals surface area contributed by atoms with E-state index in [-0.39, 0.29) is 0 Å². The number of methoxy groups -OCH3 is 1. The summed E-state index contributed by atoms with van der Waals surface area (Å²) in [4.78, 5) is 4.07. The lowest BCUT2D eigenvalue weighted by atomic mass is 10.1. The van der Waals surface area contributed by atoms with Crippen LogP contribution in [0.5, 0.6) is 5.75 Å². The molecule has 0 atom stereocenters. The minimum atomic E-state index is 0.945. The van der Waals surface area contributed by atoms with E-state index in [0.717, 1.165) is 25.4 Å². The predicted molar refractivity (Wildman–Crippen MR) is 75.1 cm³/mol. The van der Waals surface area contributed by atoms with Crippen molar-refractivity contribution in [2.24, 2.45) is 0 Å². The number of fused-ring (bicyclic) bond motifs is 1. The van der Waals surface area contributed by atoms with E-state index in [1.54, 1.807) is 12.0 Å². The Morgan fingerprint density at radius 3 is 3.17 bits per heavy atom. The standard InChI is InChI=1S/C15H17NOS/c1-17-14-4-2-3-12(9-14)10-16-7-5-15-13(11-16)6-8-18-15/h2-4,6,8-9H,5,7,10-11H2,1H3. The van der Waals surface area contributed by atoms with Gasteiger partial charge in [-0.1, -0.05) is 12.1 Å². The van der Waals surface area contributed by atoms with Gasteiger partial charge in [-0.15, -0.1) is 11.3 Å². The summed E-state index contributed by atoms with van der Waals surface area (Å²) in [6, 6.07) is 10.6. The van der Waals surface area contributed by atoms with Crippen LogP contribution in [0.4, 0.5) is 0 Å². The second-order valence-corrected chi connectivity index (χ2v) is 5.68. The molecule has 0 N–H and O–H groups in total. The first-order valence-electron chi connectivity index (χ1n) is 6.25. The van der Waals surface area contributed by atoms with Gasteiger partial charge in [-0.05, 0) is 41.1 Å². The minimum absolute atomic E-state index is 0.945. The van der Waals surface area contributed by atoms with Crippen molar-refractivity contribution in [3.8, 4) is 5.75 Å². The van der Waals surface area contributed by atoms with E-state index >= 15 is 0 Å². The first-order valence-corrected chi connectivity index (χ1v) is 7.13. The molecule has 0 amide bonds. The van der Waals surface area contributed by atoms with Gasteiger partial charge in [-0.25, -0.2) is 0 Å². The Balaban J connectivity index is 1.70. The molecule has 3 heteroatoms. The Morgan fingerprint density at radius 1 is 1.33 bits per heavy atom. The third-order valence-electron chi connectivity index (χ3n) is 3.43. The van der Waals surface area contributed by atoms with E-state index in [0.29, 0.717) is 0 Å². The molecule has 0 unspecified atom stereocenters. The Bertz CT molecular complexity index is 535. The van der Waals surface area contributed by atoms with E-state index in [1.807, 2.05) is 17.4 Å². The van der Waals surface area contributed by atoms with Crippen LogP contribution >= 0.6 is 11.3 Å². The van der Waals surface area contributed by atoms with Gasteiger partial charge in [0.15, 0.2) is 0 Å². The maximum atomic E-state index is 5.27. The van der Waals surface area contributed by atoms with Crippen molar-refractivity contribution >= 4 is 11.3 Å². The van der Waals surface area contributed by atoms with E-state index in [9.17, 15) is 0 Å². The molecule has 0 saturated carbocycles. The van der Waals surface area contributed by atoms with E-state index in [2.05, 4.69) is 34.5 Å². The molecule has 1 aliphatic heterocycles. The summed E-state index contributed by atoms with van der Waals surface area (Å²) in [5.74, 6) is 0.945. The van der Waals surface area contributed by atoms with E-state index in [4.69, 9.17) is 4.74 Å². The van der Waals surface area contributed by atoms with Gasteiger partial charge in [-0.2, -0.15) is 0 Å². The van der Waals surface area contributed by atoms with Gasteiger partial charge < -0.3 is 4.74 Å². The molecule has 2 nitrogen and oxygen atoms in total. The van der Waals surface area contributed by atoms with Crippen LogP contribution in [-0.4, -0.2) is 18.6 Å². The number of hydrogen-bond donors (Lipinski definition) is 0. The molecular formula is C15H17NOS. The van der Waals surface area contributed by atoms with Crippen molar-refractivity contribution in [3.63, 3.8) is 0 Å². The number of nitrogens with zero attached hydrogens (tertiary/aromatic N) is 1. The monoisotopic (exact) mass is 259 g/mol. The highest BCUT2D eigenvalue weighted by atomic mass is 32.1. The second-order valence-electron chi connectivity index (χ2n) is 4.68. The molecule has 1 aromatic heterocycles. The predicted octanol–water partition coefficient (Wildman–Crippen LogP) is 3.32. The van der Waals surface area contributed by atoms with Crippen LogP contribution < -0.4 is 4.74 Å². The molecule has 2 heterocycles. The molecule has 0 aliphatic carbocycles. The van der Waals surface area contributed by atoms with Crippen molar-refractivity contribution in [2.45, 2.75) is 19.5 Å². The SMILES string of the molecule is COc1cccc(CN2CCc3sccc3C2)c1. The average Bonchev–Trinajstić information content (AvgIpc) is 2.86. The summed E-state index contributed by atoms with van der Waals surface area (Å²) in [6.07, 6.45) is 1.19. The van der Waals surface area contributed by atoms with Crippen molar-refractivity contribution < 1.29 is 4.74 Å². The fraction of sp³-hybridized carbons (Fsp3) is 0.333. The van der Waals surface area contributed by atoms with Gasteiger partial charge in [-0.3, -0.25) is 4.90 Å². The molecule has 3 rings (SSSR count). The van der Waals surface area contributed by atoms with Crippen LogP contribution in [0.3, 0.4) is 0 Å². The van der Waals surface area contributed by atoms with Crippen LogP contribution in [0, 0.1) is 0 Å². The second kappa shape index (κ2) is 5.12. The molecule has 0 saturated heterocycles. The van der Waals surface area contributed by atoms with Gasteiger partial charge in [0.05, 0.1) is 7.11 Å². The molecule has 1 aliphatic rings. The van der Waals surface area contributed by atoms with Gasteiger partial charge in [0, 0.05) is 24.5 Å². The Hall–Kier alpha value is -1.32. The lowest BCUT2D eigenvalue weighted by Crippen LogP contribution is -2.29. The average molecular weight is 259 g/mol. The molecule has 18 heavy (non-hydrogen) atoms. The molecule has 0 fully saturated rings. The molecule has 0 spiro atoms. The Labute approximate surface area is 112 Å². The molecule has 0 bridgehead atoms. The highest BCUT2D eigenvalue weighted by Gasteiger charge is 2.17. The first kappa shape index (κ1) is 11.8. The minimum Gasteiger partial charge on any atom is -0.497 e. The number of ether oxygens (including phenoxy) is 1. The zero-order valence-corrected chi connectivity index (χ0v) is 11.4. The number of rotatable bonds is 3. The quantitative estimate of drug-likeness (QED) is 0.838. The molecule has 0 radical (unpaired) electrons. The topological polar surface area (TPSA) is 12.5 Å². The molecule has 2 aromatic rings. The Kier molecular flexibility index (Phi) is 3.35. The summed E-state index contributed by atoms with van der Waals surface area (Å²) in [5.41, 5.74) is 2.84. The van der Waals surface area contributed by atoms with E-state index < -0.39 is 0 Å². The van der Waals surface area contributed by atoms with Crippen LogP contribution in [-0.2, 0) is 19.5 Å². The zero-order chi connectivity index (χ0) is 12.4. The molecular weight excluding hydrogens is 242 g/mol. The lowest BCUT2D eigenvalue weighted by Gasteiger charge is -2.26. The first-order chi connectivity index (χ1) is 8.85. The normalized spacial score (nSPS) is 15.4. The van der Waals surface area contributed by atoms with Crippen LogP contribution in [0.2, 0.25) is 0 Å². The van der Waals surface area contributed by atoms with Gasteiger partial charge in [0.1, 0.15) is 5.75 Å². The van der Waals surface area contributed by atoms with Gasteiger partial charge >= 0.3 is 0 Å². The largest absolute Gasteiger partial charge is 0.497 e. The smallest absolute Gasteiger partial charge is 0.119 e. The summed E-state index contributed by atoms with van der Waals surface area (Å²) < 4.78 is 5.27. The van der Waals surface area contributed by atoms with Gasteiger partial charge in [0.2, 0.25) is 0 Å². The van der Waals surface area contributed by atoms with Crippen LogP contribution in [0.25, 0.3) is 0 Å². The highest BCUT2D eigenvalue weighted by Crippen LogP contribution is 2.25. The number of benzene rings is 1. The van der Waals surface area contributed by atoms with E-state index in [1.165, 1.54) is 17.5 Å². The van der Waals surface area contributed by atoms with Crippen molar-refractivity contribution in [1.29, 1.82) is 0 Å². The third kappa shape index (κ3) is 2.42. The van der Waals surface area contributed by atoms with Crippen LogP contribution in [0.1, 0.15) is 16.0 Å². The summed E-state index contributed by atoms with van der Waals surface area (Å²) in [5, 5.41) is 2.21. The van der Waals surface area contributed by atoms with Gasteiger partial charge in [0.25, 0.3) is 0 Å². The highest BCUT2D eigenvalue weighted by molar-refractivity contribution is 7.10.